The minimum atomic E-state index is -0.430. The number of amides is 1. The maximum absolute atomic E-state index is 13.5. The summed E-state index contributed by atoms with van der Waals surface area (Å²) in [7, 11) is 3.28. The van der Waals surface area contributed by atoms with Crippen LogP contribution in [0.2, 0.25) is 0 Å². The van der Waals surface area contributed by atoms with Gasteiger partial charge in [0.15, 0.2) is 0 Å². The number of methoxy groups -OCH3 is 1. The summed E-state index contributed by atoms with van der Waals surface area (Å²) in [5.41, 5.74) is 3.06. The van der Waals surface area contributed by atoms with E-state index in [0.717, 1.165) is 28.9 Å². The fraction of sp³-hybridized carbons (Fsp3) is 0.240. The highest BCUT2D eigenvalue weighted by Gasteiger charge is 2.20. The van der Waals surface area contributed by atoms with Gasteiger partial charge < -0.3 is 15.4 Å². The molecule has 1 amide bonds. The Morgan fingerprint density at radius 3 is 2.07 bits per heavy atom. The Labute approximate surface area is 177 Å². The van der Waals surface area contributed by atoms with Crippen molar-refractivity contribution in [1.29, 1.82) is 0 Å². The molecule has 2 N–H and O–H groups in total. The Morgan fingerprint density at radius 1 is 0.900 bits per heavy atom. The van der Waals surface area contributed by atoms with E-state index >= 15 is 0 Å². The smallest absolute Gasteiger partial charge is 0.241 e. The minimum Gasteiger partial charge on any atom is -0.497 e. The van der Waals surface area contributed by atoms with Crippen molar-refractivity contribution in [1.82, 2.24) is 10.6 Å². The zero-order chi connectivity index (χ0) is 21.3. The summed E-state index contributed by atoms with van der Waals surface area (Å²) in [6.07, 6.45) is 0.748. The van der Waals surface area contributed by atoms with Crippen molar-refractivity contribution >= 4 is 5.91 Å². The molecule has 2 atom stereocenters. The Kier molecular flexibility index (Phi) is 7.57. The summed E-state index contributed by atoms with van der Waals surface area (Å²) in [4.78, 5) is 12.4. The highest BCUT2D eigenvalue weighted by molar-refractivity contribution is 5.82. The van der Waals surface area contributed by atoms with E-state index in [-0.39, 0.29) is 17.6 Å². The van der Waals surface area contributed by atoms with Gasteiger partial charge in [-0.05, 0) is 53.9 Å². The zero-order valence-electron chi connectivity index (χ0n) is 17.3. The Balaban J connectivity index is 1.78. The molecule has 0 spiro atoms. The second-order valence-corrected chi connectivity index (χ2v) is 7.08. The fourth-order valence-electron chi connectivity index (χ4n) is 3.58. The molecule has 4 nitrogen and oxygen atoms in total. The molecule has 3 aromatic rings. The molecular formula is C25H27FN2O2. The van der Waals surface area contributed by atoms with Gasteiger partial charge in [0, 0.05) is 13.0 Å². The Morgan fingerprint density at radius 2 is 1.50 bits per heavy atom. The van der Waals surface area contributed by atoms with Gasteiger partial charge in [0.05, 0.1) is 7.11 Å². The van der Waals surface area contributed by atoms with Crippen LogP contribution < -0.4 is 15.4 Å². The van der Waals surface area contributed by atoms with Crippen molar-refractivity contribution in [2.75, 3.05) is 20.7 Å². The van der Waals surface area contributed by atoms with E-state index in [2.05, 4.69) is 10.6 Å². The van der Waals surface area contributed by atoms with Crippen LogP contribution in [0.25, 0.3) is 0 Å². The van der Waals surface area contributed by atoms with Crippen LogP contribution in [0.5, 0.6) is 5.75 Å². The van der Waals surface area contributed by atoms with Gasteiger partial charge in [0.2, 0.25) is 5.91 Å². The normalized spacial score (nSPS) is 12.8. The molecule has 30 heavy (non-hydrogen) atoms. The van der Waals surface area contributed by atoms with Crippen molar-refractivity contribution < 1.29 is 13.9 Å². The largest absolute Gasteiger partial charge is 0.497 e. The molecule has 0 radical (unpaired) electrons. The molecule has 0 aromatic heterocycles. The van der Waals surface area contributed by atoms with Gasteiger partial charge in [0.1, 0.15) is 17.6 Å². The topological polar surface area (TPSA) is 50.4 Å². The molecule has 0 saturated heterocycles. The number of ether oxygens (including phenoxy) is 1. The Hall–Kier alpha value is -3.18. The lowest BCUT2D eigenvalue weighted by Gasteiger charge is -2.22. The van der Waals surface area contributed by atoms with E-state index in [0.29, 0.717) is 6.54 Å². The molecule has 0 saturated carbocycles. The number of carbonyl (C=O) groups is 1. The van der Waals surface area contributed by atoms with E-state index in [1.54, 1.807) is 14.2 Å². The number of rotatable bonds is 9. The van der Waals surface area contributed by atoms with Crippen molar-refractivity contribution in [3.05, 3.63) is 101 Å². The van der Waals surface area contributed by atoms with E-state index in [9.17, 15) is 9.18 Å². The van der Waals surface area contributed by atoms with E-state index in [4.69, 9.17) is 4.74 Å². The predicted molar refractivity (Wildman–Crippen MR) is 117 cm³/mol. The monoisotopic (exact) mass is 406 g/mol. The minimum absolute atomic E-state index is 0.0603. The molecule has 0 aliphatic rings. The molecule has 3 aromatic carbocycles. The third-order valence-corrected chi connectivity index (χ3v) is 5.21. The predicted octanol–water partition coefficient (Wildman–Crippen LogP) is 4.43. The summed E-state index contributed by atoms with van der Waals surface area (Å²) in [6.45, 7) is 0.612. The van der Waals surface area contributed by atoms with Gasteiger partial charge in [-0.25, -0.2) is 4.39 Å². The van der Waals surface area contributed by atoms with E-state index < -0.39 is 6.04 Å². The quantitative estimate of drug-likeness (QED) is 0.553. The molecule has 156 valence electrons. The molecule has 0 heterocycles. The van der Waals surface area contributed by atoms with Crippen molar-refractivity contribution in [3.63, 3.8) is 0 Å². The van der Waals surface area contributed by atoms with Crippen LogP contribution >= 0.6 is 0 Å². The molecule has 0 aliphatic heterocycles. The first-order valence-electron chi connectivity index (χ1n) is 10.0. The third-order valence-electron chi connectivity index (χ3n) is 5.21. The van der Waals surface area contributed by atoms with Gasteiger partial charge in [-0.1, -0.05) is 54.6 Å². The van der Waals surface area contributed by atoms with Gasteiger partial charge in [-0.3, -0.25) is 4.79 Å². The molecule has 5 heteroatoms. The molecule has 0 fully saturated rings. The van der Waals surface area contributed by atoms with Crippen LogP contribution in [0.15, 0.2) is 78.9 Å². The second-order valence-electron chi connectivity index (χ2n) is 7.08. The van der Waals surface area contributed by atoms with Gasteiger partial charge in [-0.2, -0.15) is 0 Å². The average molecular weight is 407 g/mol. The van der Waals surface area contributed by atoms with E-state index in [1.807, 2.05) is 66.7 Å². The Bertz CT molecular complexity index is 928. The number of hydrogen-bond acceptors (Lipinski definition) is 3. The average Bonchev–Trinajstić information content (AvgIpc) is 2.80. The van der Waals surface area contributed by atoms with Crippen LogP contribution in [-0.4, -0.2) is 26.6 Å². The highest BCUT2D eigenvalue weighted by Crippen LogP contribution is 2.29. The van der Waals surface area contributed by atoms with Crippen LogP contribution in [0.1, 0.15) is 35.1 Å². The maximum atomic E-state index is 13.5. The lowest BCUT2D eigenvalue weighted by molar-refractivity contribution is -0.122. The van der Waals surface area contributed by atoms with Crippen molar-refractivity contribution in [2.24, 2.45) is 0 Å². The van der Waals surface area contributed by atoms with Crippen molar-refractivity contribution in [3.8, 4) is 5.75 Å². The summed E-state index contributed by atoms with van der Waals surface area (Å²) in [5.74, 6) is 0.515. The van der Waals surface area contributed by atoms with Crippen LogP contribution in [0, 0.1) is 5.82 Å². The summed E-state index contributed by atoms with van der Waals surface area (Å²) >= 11 is 0. The SMILES string of the molecule is CNC(=O)[C@H](NCC[C@H](c1ccc(F)cc1)c1ccc(OC)cc1)c1ccccc1. The first-order valence-corrected chi connectivity index (χ1v) is 10.0. The summed E-state index contributed by atoms with van der Waals surface area (Å²) < 4.78 is 18.7. The van der Waals surface area contributed by atoms with Crippen LogP contribution in [-0.2, 0) is 4.79 Å². The number of carbonyl (C=O) groups excluding carboxylic acids is 1. The molecular weight excluding hydrogens is 379 g/mol. The van der Waals surface area contributed by atoms with Crippen LogP contribution in [0.3, 0.4) is 0 Å². The van der Waals surface area contributed by atoms with Crippen LogP contribution in [0.4, 0.5) is 4.39 Å². The van der Waals surface area contributed by atoms with Gasteiger partial charge >= 0.3 is 0 Å². The second kappa shape index (κ2) is 10.6. The van der Waals surface area contributed by atoms with Gasteiger partial charge in [-0.15, -0.1) is 0 Å². The highest BCUT2D eigenvalue weighted by atomic mass is 19.1. The van der Waals surface area contributed by atoms with E-state index in [1.165, 1.54) is 12.1 Å². The zero-order valence-corrected chi connectivity index (χ0v) is 17.3. The molecule has 3 rings (SSSR count). The first kappa shape index (κ1) is 21.5. The summed E-state index contributed by atoms with van der Waals surface area (Å²) in [6, 6.07) is 23.7. The van der Waals surface area contributed by atoms with Crippen molar-refractivity contribution in [2.45, 2.75) is 18.4 Å². The third kappa shape index (κ3) is 5.45. The number of likely N-dealkylation sites (N-methyl/N-ethyl adjacent to an activating group) is 1. The maximum Gasteiger partial charge on any atom is 0.241 e. The lowest BCUT2D eigenvalue weighted by Crippen LogP contribution is -2.36. The lowest BCUT2D eigenvalue weighted by atomic mass is 9.88. The molecule has 0 unspecified atom stereocenters. The number of halogens is 1. The fourth-order valence-corrected chi connectivity index (χ4v) is 3.58. The molecule has 0 aliphatic carbocycles. The summed E-state index contributed by atoms with van der Waals surface area (Å²) in [5, 5.41) is 6.11. The molecule has 0 bridgehead atoms. The van der Waals surface area contributed by atoms with Gasteiger partial charge in [0.25, 0.3) is 0 Å². The number of hydrogen-bond donors (Lipinski definition) is 2. The standard InChI is InChI=1S/C25H27FN2O2/c1-27-25(29)24(20-6-4-3-5-7-20)28-17-16-23(18-8-12-21(26)13-9-18)19-10-14-22(30-2)15-11-19/h3-15,23-24,28H,16-17H2,1-2H3,(H,27,29)/t23-,24-/m1/s1. The number of nitrogens with one attached hydrogen (secondary N) is 2. The first-order chi connectivity index (χ1) is 14.6. The number of benzene rings is 3.